The highest BCUT2D eigenvalue weighted by Gasteiger charge is 2.35. The van der Waals surface area contributed by atoms with Crippen molar-refractivity contribution in [2.75, 3.05) is 7.11 Å². The van der Waals surface area contributed by atoms with Crippen LogP contribution in [0.5, 0.6) is 5.75 Å². The van der Waals surface area contributed by atoms with Crippen molar-refractivity contribution in [3.63, 3.8) is 0 Å². The lowest BCUT2D eigenvalue weighted by Crippen LogP contribution is -2.27. The minimum atomic E-state index is -0.0705. The molecule has 0 aliphatic carbocycles. The van der Waals surface area contributed by atoms with Crippen molar-refractivity contribution in [3.8, 4) is 5.75 Å². The van der Waals surface area contributed by atoms with Gasteiger partial charge in [-0.05, 0) is 54.3 Å². The first kappa shape index (κ1) is 16.5. The number of ether oxygens (including phenoxy) is 1. The average molecular weight is 321 g/mol. The van der Waals surface area contributed by atoms with Crippen LogP contribution in [0, 0.1) is 0 Å². The maximum Gasteiger partial charge on any atom is 0.119 e. The van der Waals surface area contributed by atoms with E-state index in [-0.39, 0.29) is 12.0 Å². The number of para-hydroxylation sites is 1. The number of benzene rings is 2. The van der Waals surface area contributed by atoms with E-state index in [0.29, 0.717) is 0 Å². The number of aliphatic imine (C=N–C) groups is 1. The molecule has 2 aromatic rings. The molecule has 3 rings (SSSR count). The van der Waals surface area contributed by atoms with E-state index in [4.69, 9.17) is 9.73 Å². The number of methoxy groups -OCH3 is 1. The number of hydrogen-bond donors (Lipinski definition) is 1. The van der Waals surface area contributed by atoms with Crippen LogP contribution in [0.25, 0.3) is 6.08 Å². The fourth-order valence-corrected chi connectivity index (χ4v) is 3.20. The second-order valence-corrected chi connectivity index (χ2v) is 6.26. The molecule has 0 fully saturated rings. The van der Waals surface area contributed by atoms with Crippen LogP contribution in [0.4, 0.5) is 5.69 Å². The monoisotopic (exact) mass is 321 g/mol. The van der Waals surface area contributed by atoms with Crippen molar-refractivity contribution in [3.05, 3.63) is 65.2 Å². The van der Waals surface area contributed by atoms with Crippen LogP contribution >= 0.6 is 0 Å². The van der Waals surface area contributed by atoms with E-state index in [1.54, 1.807) is 7.11 Å². The molecule has 0 spiro atoms. The molecule has 3 heteroatoms. The van der Waals surface area contributed by atoms with Gasteiger partial charge in [-0.3, -0.25) is 4.99 Å². The smallest absolute Gasteiger partial charge is 0.119 e. The van der Waals surface area contributed by atoms with Gasteiger partial charge in [0.2, 0.25) is 0 Å². The number of hydrogen-bond acceptors (Lipinski definition) is 3. The third kappa shape index (κ3) is 2.76. The Balaban J connectivity index is 1.96. The minimum absolute atomic E-state index is 0.0192. The molecule has 0 saturated carbocycles. The van der Waals surface area contributed by atoms with Gasteiger partial charge in [0, 0.05) is 5.41 Å². The minimum Gasteiger partial charge on any atom is -0.497 e. The summed E-state index contributed by atoms with van der Waals surface area (Å²) in [5, 5.41) is 9.60. The highest BCUT2D eigenvalue weighted by atomic mass is 16.5. The van der Waals surface area contributed by atoms with E-state index in [0.717, 1.165) is 34.7 Å². The summed E-state index contributed by atoms with van der Waals surface area (Å²) in [5.41, 5.74) is 5.16. The number of aliphatic hydroxyl groups is 1. The molecule has 0 saturated heterocycles. The van der Waals surface area contributed by atoms with Gasteiger partial charge in [-0.1, -0.05) is 37.3 Å². The first-order valence-corrected chi connectivity index (χ1v) is 8.27. The van der Waals surface area contributed by atoms with Crippen LogP contribution < -0.4 is 4.74 Å². The number of rotatable bonds is 5. The lowest BCUT2D eigenvalue weighted by atomic mass is 9.77. The lowest BCUT2D eigenvalue weighted by Gasteiger charge is -2.24. The van der Waals surface area contributed by atoms with Crippen molar-refractivity contribution in [2.24, 2.45) is 4.99 Å². The molecular formula is C21H23NO2. The molecule has 1 heterocycles. The summed E-state index contributed by atoms with van der Waals surface area (Å²) in [6, 6.07) is 14.1. The van der Waals surface area contributed by atoms with Gasteiger partial charge in [0.15, 0.2) is 0 Å². The molecule has 3 nitrogen and oxygen atoms in total. The Kier molecular flexibility index (Phi) is 4.54. The van der Waals surface area contributed by atoms with Crippen LogP contribution in [0.15, 0.2) is 53.5 Å². The molecule has 0 radical (unpaired) electrons. The summed E-state index contributed by atoms with van der Waals surface area (Å²) in [5.74, 6) is 0.750. The Morgan fingerprint density at radius 2 is 1.96 bits per heavy atom. The largest absolute Gasteiger partial charge is 0.497 e. The lowest BCUT2D eigenvalue weighted by molar-refractivity contribution is 0.280. The number of allylic oxidation sites excluding steroid dienone is 1. The van der Waals surface area contributed by atoms with E-state index in [1.165, 1.54) is 5.56 Å². The average Bonchev–Trinajstić information content (AvgIpc) is 2.92. The third-order valence-corrected chi connectivity index (χ3v) is 4.95. The molecule has 0 amide bonds. The second kappa shape index (κ2) is 6.62. The van der Waals surface area contributed by atoms with Gasteiger partial charge in [-0.15, -0.1) is 0 Å². The molecule has 1 aliphatic rings. The fourth-order valence-electron chi connectivity index (χ4n) is 3.20. The zero-order chi connectivity index (χ0) is 17.2. The standard InChI is InChI=1S/C21H23NO2/c1-4-21(2)18-7-5-6-8-19(18)22-20(21)12-10-15-9-11-17(24-3)13-16(15)14-23/h5-13,23H,4,14H2,1-3H3. The van der Waals surface area contributed by atoms with Gasteiger partial charge in [0.1, 0.15) is 5.75 Å². The number of fused-ring (bicyclic) bond motifs is 1. The van der Waals surface area contributed by atoms with Gasteiger partial charge in [0.05, 0.1) is 25.1 Å². The fraction of sp³-hybridized carbons (Fsp3) is 0.286. The maximum atomic E-state index is 9.60. The number of nitrogens with zero attached hydrogens (tertiary/aromatic N) is 1. The molecule has 1 atom stereocenters. The van der Waals surface area contributed by atoms with Crippen molar-refractivity contribution < 1.29 is 9.84 Å². The van der Waals surface area contributed by atoms with Gasteiger partial charge >= 0.3 is 0 Å². The van der Waals surface area contributed by atoms with E-state index in [9.17, 15) is 5.11 Å². The summed E-state index contributed by atoms with van der Waals surface area (Å²) in [6.07, 6.45) is 5.09. The van der Waals surface area contributed by atoms with Gasteiger partial charge in [0.25, 0.3) is 0 Å². The Hall–Kier alpha value is -2.39. The van der Waals surface area contributed by atoms with Gasteiger partial charge < -0.3 is 9.84 Å². The molecule has 24 heavy (non-hydrogen) atoms. The van der Waals surface area contributed by atoms with Crippen LogP contribution in [-0.2, 0) is 12.0 Å². The van der Waals surface area contributed by atoms with Gasteiger partial charge in [-0.25, -0.2) is 0 Å². The first-order chi connectivity index (χ1) is 11.6. The Bertz CT molecular complexity index is 807. The first-order valence-electron chi connectivity index (χ1n) is 8.27. The Morgan fingerprint density at radius 3 is 2.67 bits per heavy atom. The predicted molar refractivity (Wildman–Crippen MR) is 99.1 cm³/mol. The molecule has 0 bridgehead atoms. The third-order valence-electron chi connectivity index (χ3n) is 4.95. The van der Waals surface area contributed by atoms with Crippen molar-refractivity contribution in [1.82, 2.24) is 0 Å². The summed E-state index contributed by atoms with van der Waals surface area (Å²) in [7, 11) is 1.63. The molecular weight excluding hydrogens is 298 g/mol. The SMILES string of the molecule is CCC1(C)C(C=Cc2ccc(OC)cc2CO)=Nc2ccccc21. The predicted octanol–water partition coefficient (Wildman–Crippen LogP) is 4.65. The van der Waals surface area contributed by atoms with Crippen LogP contribution in [-0.4, -0.2) is 17.9 Å². The van der Waals surface area contributed by atoms with Crippen LogP contribution in [0.3, 0.4) is 0 Å². The molecule has 0 aromatic heterocycles. The van der Waals surface area contributed by atoms with E-state index >= 15 is 0 Å². The molecule has 1 aliphatic heterocycles. The normalized spacial score (nSPS) is 19.4. The van der Waals surface area contributed by atoms with Gasteiger partial charge in [-0.2, -0.15) is 0 Å². The van der Waals surface area contributed by atoms with Crippen LogP contribution in [0.1, 0.15) is 37.0 Å². The van der Waals surface area contributed by atoms with E-state index < -0.39 is 0 Å². The maximum absolute atomic E-state index is 9.60. The van der Waals surface area contributed by atoms with Crippen molar-refractivity contribution >= 4 is 17.5 Å². The molecule has 1 N–H and O–H groups in total. The zero-order valence-corrected chi connectivity index (χ0v) is 14.4. The quantitative estimate of drug-likeness (QED) is 0.870. The zero-order valence-electron chi connectivity index (χ0n) is 14.4. The summed E-state index contributed by atoms with van der Waals surface area (Å²) in [6.45, 7) is 4.41. The highest BCUT2D eigenvalue weighted by molar-refractivity contribution is 6.10. The second-order valence-electron chi connectivity index (χ2n) is 6.26. The summed E-state index contributed by atoms with van der Waals surface area (Å²) in [4.78, 5) is 4.82. The van der Waals surface area contributed by atoms with E-state index in [2.05, 4.69) is 38.1 Å². The van der Waals surface area contributed by atoms with E-state index in [1.807, 2.05) is 30.3 Å². The molecule has 2 aromatic carbocycles. The number of aliphatic hydroxyl groups excluding tert-OH is 1. The van der Waals surface area contributed by atoms with Crippen molar-refractivity contribution in [1.29, 1.82) is 0 Å². The molecule has 1 unspecified atom stereocenters. The van der Waals surface area contributed by atoms with Crippen LogP contribution in [0.2, 0.25) is 0 Å². The highest BCUT2D eigenvalue weighted by Crippen LogP contribution is 2.42. The summed E-state index contributed by atoms with van der Waals surface area (Å²) >= 11 is 0. The Labute approximate surface area is 143 Å². The van der Waals surface area contributed by atoms with Crippen molar-refractivity contribution in [2.45, 2.75) is 32.3 Å². The topological polar surface area (TPSA) is 41.8 Å². The summed E-state index contributed by atoms with van der Waals surface area (Å²) < 4.78 is 5.22. The molecule has 124 valence electrons. The Morgan fingerprint density at radius 1 is 1.17 bits per heavy atom.